The van der Waals surface area contributed by atoms with Gasteiger partial charge in [0.05, 0.1) is 6.04 Å². The second-order valence-electron chi connectivity index (χ2n) is 2.95. The molecule has 0 amide bonds. The van der Waals surface area contributed by atoms with Gasteiger partial charge in [0.1, 0.15) is 0 Å². The number of nitrogens with zero attached hydrogens (tertiary/aromatic N) is 3. The number of azo groups is 1. The Morgan fingerprint density at radius 3 is 2.25 bits per heavy atom. The van der Waals surface area contributed by atoms with E-state index in [1.54, 1.807) is 0 Å². The first-order valence-corrected chi connectivity index (χ1v) is 4.17. The highest BCUT2D eigenvalue weighted by Crippen LogP contribution is 2.06. The molecule has 0 aliphatic heterocycles. The summed E-state index contributed by atoms with van der Waals surface area (Å²) in [5.74, 6) is 0.394. The lowest BCUT2D eigenvalue weighted by Crippen LogP contribution is -2.09. The zero-order chi connectivity index (χ0) is 9.72. The van der Waals surface area contributed by atoms with Crippen molar-refractivity contribution < 1.29 is 4.86 Å². The maximum atomic E-state index is 10.4. The minimum Gasteiger partial charge on any atom is -0.600 e. The van der Waals surface area contributed by atoms with E-state index in [-0.39, 0.29) is 11.3 Å². The molecule has 70 valence electrons. The Kier molecular flexibility index (Phi) is 4.81. The highest BCUT2D eigenvalue weighted by molar-refractivity contribution is 6.64. The van der Waals surface area contributed by atoms with E-state index in [0.29, 0.717) is 10.8 Å². The van der Waals surface area contributed by atoms with Crippen LogP contribution in [0, 0.1) is 11.1 Å². The number of hydroxylamine groups is 1. The third kappa shape index (κ3) is 5.07. The molecule has 0 aromatic heterocycles. The summed E-state index contributed by atoms with van der Waals surface area (Å²) in [4.78, 5) is 4.38. The van der Waals surface area contributed by atoms with Crippen LogP contribution >= 0.6 is 11.6 Å². The molecule has 0 heterocycles. The largest absolute Gasteiger partial charge is 0.600 e. The van der Waals surface area contributed by atoms with E-state index in [1.807, 2.05) is 20.8 Å². The minimum atomic E-state index is 0.00806. The number of halogens is 1. The van der Waals surface area contributed by atoms with Gasteiger partial charge < -0.3 is 5.21 Å². The van der Waals surface area contributed by atoms with E-state index in [0.717, 1.165) is 0 Å². The fourth-order valence-electron chi connectivity index (χ4n) is 0.459. The quantitative estimate of drug-likeness (QED) is 0.165. The van der Waals surface area contributed by atoms with E-state index in [2.05, 4.69) is 10.1 Å². The third-order valence-corrected chi connectivity index (χ3v) is 1.67. The molecule has 0 rings (SSSR count). The first-order valence-electron chi connectivity index (χ1n) is 3.79. The number of amidine groups is 1. The molecule has 1 atom stereocenters. The number of hydrogen-bond acceptors (Lipinski definition) is 2. The van der Waals surface area contributed by atoms with Gasteiger partial charge in [-0.2, -0.15) is 0 Å². The number of hydrogen-bond donors (Lipinski definition) is 0. The van der Waals surface area contributed by atoms with E-state index in [9.17, 15) is 5.21 Å². The van der Waals surface area contributed by atoms with Crippen molar-refractivity contribution in [1.29, 1.82) is 0 Å². The fraction of sp³-hybridized carbons (Fsp3) is 0.857. The molecule has 5 heteroatoms. The molecule has 0 fully saturated rings. The molecular weight excluding hydrogens is 178 g/mol. The van der Waals surface area contributed by atoms with Crippen molar-refractivity contribution >= 4 is 16.9 Å². The first-order chi connectivity index (χ1) is 5.43. The second kappa shape index (κ2) is 5.09. The molecule has 0 aliphatic rings. The summed E-state index contributed by atoms with van der Waals surface area (Å²) in [5, 5.41) is 13.8. The average molecular weight is 192 g/mol. The molecule has 0 saturated carbocycles. The summed E-state index contributed by atoms with van der Waals surface area (Å²) >= 11 is 5.56. The topological polar surface area (TPSA) is 50.8 Å². The van der Waals surface area contributed by atoms with Gasteiger partial charge in [-0.1, -0.05) is 18.7 Å². The van der Waals surface area contributed by atoms with Gasteiger partial charge in [-0.25, -0.2) is 4.99 Å². The van der Waals surface area contributed by atoms with Gasteiger partial charge >= 0.3 is 0 Å². The molecule has 0 spiro atoms. The van der Waals surface area contributed by atoms with Crippen molar-refractivity contribution in [2.45, 2.75) is 26.8 Å². The van der Waals surface area contributed by atoms with Crippen LogP contribution in [0.15, 0.2) is 10.1 Å². The lowest BCUT2D eigenvalue weighted by molar-refractivity contribution is -0.490. The van der Waals surface area contributed by atoms with Crippen LogP contribution in [0.4, 0.5) is 0 Å². The first kappa shape index (κ1) is 11.4. The van der Waals surface area contributed by atoms with Crippen molar-refractivity contribution in [3.63, 3.8) is 0 Å². The fourth-order valence-corrected chi connectivity index (χ4v) is 0.720. The predicted molar refractivity (Wildman–Crippen MR) is 49.6 cm³/mol. The Morgan fingerprint density at radius 1 is 1.42 bits per heavy atom. The maximum Gasteiger partial charge on any atom is 0.284 e. The maximum absolute atomic E-state index is 10.4. The second-order valence-corrected chi connectivity index (χ2v) is 3.29. The van der Waals surface area contributed by atoms with Gasteiger partial charge in [-0.05, 0) is 24.4 Å². The third-order valence-electron chi connectivity index (χ3n) is 1.50. The summed E-state index contributed by atoms with van der Waals surface area (Å²) in [7, 11) is 1.26. The molecular formula is C7H14ClN3O. The standard InChI is InChI=1S/C7H14ClN3O/c1-5(2)6(3)9-7(8)10-11(4)12/h5-6H,1-4H3. The Labute approximate surface area is 77.5 Å². The van der Waals surface area contributed by atoms with Gasteiger partial charge in [-0.3, -0.25) is 0 Å². The van der Waals surface area contributed by atoms with Crippen molar-refractivity contribution in [1.82, 2.24) is 0 Å². The molecule has 4 nitrogen and oxygen atoms in total. The van der Waals surface area contributed by atoms with Crippen LogP contribution in [-0.2, 0) is 0 Å². The van der Waals surface area contributed by atoms with Crippen LogP contribution < -0.4 is 0 Å². The summed E-state index contributed by atoms with van der Waals surface area (Å²) in [6.07, 6.45) is 0. The number of aliphatic imine (C=N–C) groups is 1. The van der Waals surface area contributed by atoms with Crippen molar-refractivity contribution in [3.8, 4) is 0 Å². The Morgan fingerprint density at radius 2 is 1.92 bits per heavy atom. The van der Waals surface area contributed by atoms with E-state index in [1.165, 1.54) is 7.05 Å². The molecule has 12 heavy (non-hydrogen) atoms. The minimum absolute atomic E-state index is 0.00806. The van der Waals surface area contributed by atoms with Crippen LogP contribution in [0.5, 0.6) is 0 Å². The summed E-state index contributed by atoms with van der Waals surface area (Å²) in [5.41, 5.74) is 0. The molecule has 0 aromatic rings. The van der Waals surface area contributed by atoms with Gasteiger partial charge in [0.2, 0.25) is 0 Å². The molecule has 0 N–H and O–H groups in total. The van der Waals surface area contributed by atoms with Crippen LogP contribution in [0.2, 0.25) is 0 Å². The van der Waals surface area contributed by atoms with Gasteiger partial charge in [0.25, 0.3) is 5.29 Å². The van der Waals surface area contributed by atoms with Crippen molar-refractivity contribution in [2.75, 3.05) is 7.05 Å². The molecule has 0 aliphatic carbocycles. The smallest absolute Gasteiger partial charge is 0.284 e. The van der Waals surface area contributed by atoms with Crippen LogP contribution in [0.1, 0.15) is 20.8 Å². The number of rotatable bonds is 2. The lowest BCUT2D eigenvalue weighted by Gasteiger charge is -2.08. The molecule has 0 aromatic carbocycles. The van der Waals surface area contributed by atoms with Crippen molar-refractivity contribution in [2.24, 2.45) is 16.0 Å². The molecule has 1 unspecified atom stereocenters. The average Bonchev–Trinajstić information content (AvgIpc) is 1.84. The van der Waals surface area contributed by atoms with Gasteiger partial charge in [0.15, 0.2) is 7.05 Å². The van der Waals surface area contributed by atoms with Crippen LogP contribution in [-0.4, -0.2) is 23.2 Å². The normalized spacial score (nSPS) is 16.8. The highest BCUT2D eigenvalue weighted by Gasteiger charge is 2.06. The lowest BCUT2D eigenvalue weighted by atomic mass is 10.1. The molecule has 0 radical (unpaired) electrons. The Hall–Kier alpha value is -0.640. The van der Waals surface area contributed by atoms with E-state index < -0.39 is 0 Å². The summed E-state index contributed by atoms with van der Waals surface area (Å²) < 4.78 is 0. The summed E-state index contributed by atoms with van der Waals surface area (Å²) in [6, 6.07) is 0.0844. The van der Waals surface area contributed by atoms with E-state index >= 15 is 0 Å². The van der Waals surface area contributed by atoms with Gasteiger partial charge in [-0.15, -0.1) is 0 Å². The highest BCUT2D eigenvalue weighted by atomic mass is 35.5. The zero-order valence-corrected chi connectivity index (χ0v) is 8.54. The zero-order valence-electron chi connectivity index (χ0n) is 7.78. The van der Waals surface area contributed by atoms with Crippen molar-refractivity contribution in [3.05, 3.63) is 5.21 Å². The van der Waals surface area contributed by atoms with E-state index in [4.69, 9.17) is 11.6 Å². The SMILES string of the molecule is CC(C)C(C)N=C(Cl)N=[N+](C)[O-]. The predicted octanol–water partition coefficient (Wildman–Crippen LogP) is 2.22. The Balaban J connectivity index is 4.26. The Bertz CT molecular complexity index is 197. The van der Waals surface area contributed by atoms with Crippen LogP contribution in [0.25, 0.3) is 0 Å². The monoisotopic (exact) mass is 191 g/mol. The molecule has 0 saturated heterocycles. The van der Waals surface area contributed by atoms with Gasteiger partial charge in [0, 0.05) is 5.11 Å². The summed E-state index contributed by atoms with van der Waals surface area (Å²) in [6.45, 7) is 5.98. The van der Waals surface area contributed by atoms with Crippen LogP contribution in [0.3, 0.4) is 0 Å². The molecule has 0 bridgehead atoms.